The van der Waals surface area contributed by atoms with Gasteiger partial charge in [-0.2, -0.15) is 13.2 Å². The highest BCUT2D eigenvalue weighted by Crippen LogP contribution is 2.28. The minimum absolute atomic E-state index is 0.0346. The van der Waals surface area contributed by atoms with Gasteiger partial charge in [-0.1, -0.05) is 35.9 Å². The Morgan fingerprint density at radius 1 is 1.24 bits per heavy atom. The molecule has 33 heavy (non-hydrogen) atoms. The van der Waals surface area contributed by atoms with E-state index in [2.05, 4.69) is 25.3 Å². The molecule has 2 amide bonds. The monoisotopic (exact) mass is 498 g/mol. The van der Waals surface area contributed by atoms with Gasteiger partial charge < -0.3 is 10.1 Å². The number of halogens is 4. The van der Waals surface area contributed by atoms with Crippen LogP contribution in [0.1, 0.15) is 35.8 Å². The summed E-state index contributed by atoms with van der Waals surface area (Å²) in [7, 11) is 0. The fraction of sp³-hybridized carbons (Fsp3) is 0.238. The molecule has 3 rings (SSSR count). The molecule has 0 radical (unpaired) electrons. The van der Waals surface area contributed by atoms with Gasteiger partial charge in [0, 0.05) is 24.1 Å². The Bertz CT molecular complexity index is 1150. The van der Waals surface area contributed by atoms with Gasteiger partial charge in [0.15, 0.2) is 11.7 Å². The van der Waals surface area contributed by atoms with E-state index in [0.717, 1.165) is 17.3 Å². The maximum absolute atomic E-state index is 12.4. The Hall–Kier alpha value is -3.18. The zero-order valence-electron chi connectivity index (χ0n) is 17.4. The summed E-state index contributed by atoms with van der Waals surface area (Å²) in [6.45, 7) is 1.79. The van der Waals surface area contributed by atoms with Gasteiger partial charge >= 0.3 is 6.18 Å². The number of ether oxygens (including phenoxy) is 1. The van der Waals surface area contributed by atoms with Crippen molar-refractivity contribution >= 4 is 39.9 Å². The first-order chi connectivity index (χ1) is 15.5. The number of nitrogens with zero attached hydrogens (tertiary/aromatic N) is 2. The molecule has 0 spiro atoms. The number of hydrogen-bond acceptors (Lipinski definition) is 6. The number of pyridine rings is 1. The molecule has 0 saturated heterocycles. The summed E-state index contributed by atoms with van der Waals surface area (Å²) in [5.41, 5.74) is 2.43. The third-order valence-electron chi connectivity index (χ3n) is 4.29. The highest BCUT2D eigenvalue weighted by molar-refractivity contribution is 7.14. The van der Waals surface area contributed by atoms with Crippen LogP contribution in [0.25, 0.3) is 11.3 Å². The lowest BCUT2D eigenvalue weighted by Gasteiger charge is -2.13. The smallest absolute Gasteiger partial charge is 0.422 e. The molecule has 0 fully saturated rings. The molecule has 1 atom stereocenters. The van der Waals surface area contributed by atoms with Gasteiger partial charge in [0.25, 0.3) is 5.91 Å². The van der Waals surface area contributed by atoms with E-state index in [-0.39, 0.29) is 22.5 Å². The largest absolute Gasteiger partial charge is 0.467 e. The number of alkyl halides is 3. The van der Waals surface area contributed by atoms with Gasteiger partial charge in [-0.25, -0.2) is 9.97 Å². The fourth-order valence-corrected chi connectivity index (χ4v) is 3.71. The predicted octanol–water partition coefficient (Wildman–Crippen LogP) is 5.25. The van der Waals surface area contributed by atoms with Crippen molar-refractivity contribution in [1.29, 1.82) is 0 Å². The molecule has 2 N–H and O–H groups in total. The first-order valence-electron chi connectivity index (χ1n) is 9.51. The maximum Gasteiger partial charge on any atom is 0.422 e. The summed E-state index contributed by atoms with van der Waals surface area (Å²) in [5, 5.41) is 7.27. The predicted molar refractivity (Wildman–Crippen MR) is 119 cm³/mol. The number of anilines is 1. The van der Waals surface area contributed by atoms with Crippen molar-refractivity contribution in [2.24, 2.45) is 0 Å². The van der Waals surface area contributed by atoms with E-state index >= 15 is 0 Å². The molecule has 12 heteroatoms. The summed E-state index contributed by atoms with van der Waals surface area (Å²) in [5.74, 6) is -1.11. The number of benzene rings is 1. The second-order valence-corrected chi connectivity index (χ2v) is 8.22. The minimum Gasteiger partial charge on any atom is -0.467 e. The summed E-state index contributed by atoms with van der Waals surface area (Å²) in [4.78, 5) is 31.7. The number of amides is 2. The van der Waals surface area contributed by atoms with Gasteiger partial charge in [0.1, 0.15) is 5.02 Å². The number of carbonyl (C=O) groups is 2. The number of nitrogens with one attached hydrogen (secondary N) is 2. The van der Waals surface area contributed by atoms with E-state index in [0.29, 0.717) is 10.8 Å². The normalized spacial score (nSPS) is 12.2. The molecular weight excluding hydrogens is 481 g/mol. The second-order valence-electron chi connectivity index (χ2n) is 6.95. The Morgan fingerprint density at radius 2 is 1.94 bits per heavy atom. The van der Waals surface area contributed by atoms with Gasteiger partial charge in [-0.05, 0) is 18.6 Å². The van der Waals surface area contributed by atoms with Gasteiger partial charge in [0.05, 0.1) is 17.3 Å². The molecule has 2 aromatic heterocycles. The van der Waals surface area contributed by atoms with Crippen LogP contribution in [0, 0.1) is 0 Å². The number of carbonyl (C=O) groups excluding carboxylic acids is 2. The van der Waals surface area contributed by atoms with Crippen molar-refractivity contribution in [3.05, 3.63) is 58.1 Å². The van der Waals surface area contributed by atoms with E-state index in [1.807, 2.05) is 31.2 Å². The Kier molecular flexibility index (Phi) is 7.54. The van der Waals surface area contributed by atoms with Gasteiger partial charge in [-0.3, -0.25) is 14.9 Å². The van der Waals surface area contributed by atoms with E-state index in [1.54, 1.807) is 5.38 Å². The Labute approximate surface area is 196 Å². The zero-order chi connectivity index (χ0) is 24.2. The number of thiazole rings is 1. The van der Waals surface area contributed by atoms with Crippen LogP contribution < -0.4 is 15.4 Å². The lowest BCUT2D eigenvalue weighted by molar-refractivity contribution is -0.154. The van der Waals surface area contributed by atoms with Crippen molar-refractivity contribution in [2.45, 2.75) is 26.1 Å². The van der Waals surface area contributed by atoms with E-state index in [9.17, 15) is 22.8 Å². The highest BCUT2D eigenvalue weighted by Gasteiger charge is 2.29. The van der Waals surface area contributed by atoms with Crippen molar-refractivity contribution in [2.75, 3.05) is 11.9 Å². The molecule has 7 nitrogen and oxygen atoms in total. The van der Waals surface area contributed by atoms with Crippen molar-refractivity contribution in [3.63, 3.8) is 0 Å². The third kappa shape index (κ3) is 6.90. The maximum atomic E-state index is 12.4. The molecule has 2 heterocycles. The molecule has 0 bridgehead atoms. The Balaban J connectivity index is 1.65. The lowest BCUT2D eigenvalue weighted by atomic mass is 10.1. The lowest BCUT2D eigenvalue weighted by Crippen LogP contribution is -2.23. The van der Waals surface area contributed by atoms with Crippen molar-refractivity contribution < 1.29 is 27.5 Å². The van der Waals surface area contributed by atoms with E-state index in [1.165, 1.54) is 24.3 Å². The average molecular weight is 499 g/mol. The molecule has 0 aliphatic heterocycles. The van der Waals surface area contributed by atoms with Crippen molar-refractivity contribution in [1.82, 2.24) is 15.3 Å². The van der Waals surface area contributed by atoms with Crippen LogP contribution in [-0.4, -0.2) is 34.6 Å². The standard InChI is InChI=1S/C21H18ClF3N4O3S/c1-11(27-12(2)30)13-3-5-14(6-4-13)17-9-33-20(28-17)29-18(31)15-7-16(22)19(26-8-15)32-10-21(23,24)25/h3-9,11H,10H2,1-2H3,(H,27,30)(H,28,29,31). The highest BCUT2D eigenvalue weighted by atomic mass is 35.5. The summed E-state index contributed by atoms with van der Waals surface area (Å²) < 4.78 is 41.3. The molecule has 0 saturated carbocycles. The number of aromatic nitrogens is 2. The first-order valence-corrected chi connectivity index (χ1v) is 10.8. The molecule has 0 aliphatic carbocycles. The Morgan fingerprint density at radius 3 is 2.55 bits per heavy atom. The third-order valence-corrected chi connectivity index (χ3v) is 5.32. The summed E-state index contributed by atoms with van der Waals surface area (Å²) in [6.07, 6.45) is -3.47. The van der Waals surface area contributed by atoms with Crippen LogP contribution in [-0.2, 0) is 4.79 Å². The van der Waals surface area contributed by atoms with Crippen LogP contribution in [0.3, 0.4) is 0 Å². The topological polar surface area (TPSA) is 93.2 Å². The minimum atomic E-state index is -4.53. The van der Waals surface area contributed by atoms with Gasteiger partial charge in [-0.15, -0.1) is 11.3 Å². The fourth-order valence-electron chi connectivity index (χ4n) is 2.77. The summed E-state index contributed by atoms with van der Waals surface area (Å²) >= 11 is 7.08. The van der Waals surface area contributed by atoms with Gasteiger partial charge in [0.2, 0.25) is 11.8 Å². The van der Waals surface area contributed by atoms with Crippen LogP contribution in [0.4, 0.5) is 18.3 Å². The molecule has 1 aromatic carbocycles. The molecule has 1 unspecified atom stereocenters. The number of rotatable bonds is 7. The van der Waals surface area contributed by atoms with Crippen LogP contribution >= 0.6 is 22.9 Å². The molecule has 0 aliphatic rings. The first kappa shape index (κ1) is 24.5. The zero-order valence-corrected chi connectivity index (χ0v) is 18.9. The van der Waals surface area contributed by atoms with Crippen molar-refractivity contribution in [3.8, 4) is 17.1 Å². The van der Waals surface area contributed by atoms with Crippen LogP contribution in [0.2, 0.25) is 5.02 Å². The average Bonchev–Trinajstić information content (AvgIpc) is 3.20. The molecule has 174 valence electrons. The SMILES string of the molecule is CC(=O)NC(C)c1ccc(-c2csc(NC(=O)c3cnc(OCC(F)(F)F)c(Cl)c3)n2)cc1. The quantitative estimate of drug-likeness (QED) is 0.464. The summed E-state index contributed by atoms with van der Waals surface area (Å²) in [6, 6.07) is 8.51. The van der Waals surface area contributed by atoms with Crippen LogP contribution in [0.15, 0.2) is 41.9 Å². The number of hydrogen-bond donors (Lipinski definition) is 2. The molecular formula is C21H18ClF3N4O3S. The van der Waals surface area contributed by atoms with E-state index < -0.39 is 24.6 Å². The molecule has 3 aromatic rings. The van der Waals surface area contributed by atoms with Crippen LogP contribution in [0.5, 0.6) is 5.88 Å². The van der Waals surface area contributed by atoms with E-state index in [4.69, 9.17) is 11.6 Å². The second kappa shape index (κ2) is 10.2.